The number of nitrogens with zero attached hydrogens (tertiary/aromatic N) is 2. The molecule has 0 atom stereocenters. The minimum atomic E-state index is -0.261. The van der Waals surface area contributed by atoms with Gasteiger partial charge in [-0.1, -0.05) is 52.0 Å². The minimum Gasteiger partial charge on any atom is -0.455 e. The first-order valence-corrected chi connectivity index (χ1v) is 10.1. The van der Waals surface area contributed by atoms with E-state index in [-0.39, 0.29) is 11.7 Å². The summed E-state index contributed by atoms with van der Waals surface area (Å²) in [5.74, 6) is 1.16. The van der Waals surface area contributed by atoms with E-state index in [0.29, 0.717) is 16.6 Å². The second-order valence-electron chi connectivity index (χ2n) is 5.74. The smallest absolute Gasteiger partial charge is 0.257 e. The molecule has 0 aliphatic heterocycles. The number of hydrogen-bond acceptors (Lipinski definition) is 6. The van der Waals surface area contributed by atoms with Gasteiger partial charge in [-0.15, -0.1) is 0 Å². The number of para-hydroxylation sites is 2. The zero-order chi connectivity index (χ0) is 19.3. The molecule has 2 aromatic carbocycles. The van der Waals surface area contributed by atoms with E-state index in [9.17, 15) is 4.79 Å². The fourth-order valence-electron chi connectivity index (χ4n) is 2.43. The standard InChI is InChI=1S/C20H14BrN3O3S/c21-14-7-5-13(6-8-14)17-10-9-15(26-17)11-22-24-19(25)12-28-20-23-16-3-1-2-4-18(16)27-20/h1-11H,12H2,(H,24,25)/b22-11+. The highest BCUT2D eigenvalue weighted by Gasteiger charge is 2.08. The van der Waals surface area contributed by atoms with Gasteiger partial charge in [0.2, 0.25) is 0 Å². The highest BCUT2D eigenvalue weighted by atomic mass is 79.9. The molecule has 0 saturated heterocycles. The first kappa shape index (κ1) is 18.5. The van der Waals surface area contributed by atoms with Crippen molar-refractivity contribution in [2.24, 2.45) is 5.10 Å². The first-order valence-electron chi connectivity index (χ1n) is 8.33. The predicted octanol–water partition coefficient (Wildman–Crippen LogP) is 5.09. The quantitative estimate of drug-likeness (QED) is 0.248. The number of thioether (sulfide) groups is 1. The Hall–Kier alpha value is -2.84. The number of furan rings is 1. The molecule has 8 heteroatoms. The predicted molar refractivity (Wildman–Crippen MR) is 112 cm³/mol. The van der Waals surface area contributed by atoms with Crippen LogP contribution in [0.1, 0.15) is 5.76 Å². The van der Waals surface area contributed by atoms with Crippen molar-refractivity contribution in [2.45, 2.75) is 5.22 Å². The maximum Gasteiger partial charge on any atom is 0.257 e. The van der Waals surface area contributed by atoms with Gasteiger partial charge in [-0.05, 0) is 36.4 Å². The van der Waals surface area contributed by atoms with Gasteiger partial charge in [0.05, 0.1) is 12.0 Å². The van der Waals surface area contributed by atoms with E-state index >= 15 is 0 Å². The van der Waals surface area contributed by atoms with E-state index in [1.54, 1.807) is 6.07 Å². The molecule has 0 bridgehead atoms. The number of carbonyl (C=O) groups is 1. The van der Waals surface area contributed by atoms with Gasteiger partial charge < -0.3 is 8.83 Å². The lowest BCUT2D eigenvalue weighted by atomic mass is 10.2. The number of amides is 1. The summed E-state index contributed by atoms with van der Waals surface area (Å²) in [6.07, 6.45) is 1.46. The number of aromatic nitrogens is 1. The Bertz CT molecular complexity index is 1100. The minimum absolute atomic E-state index is 0.145. The SMILES string of the molecule is O=C(CSc1nc2ccccc2o1)N/N=C/c1ccc(-c2ccc(Br)cc2)o1. The van der Waals surface area contributed by atoms with Crippen molar-refractivity contribution in [3.63, 3.8) is 0 Å². The number of oxazole rings is 1. The molecule has 0 aliphatic carbocycles. The summed E-state index contributed by atoms with van der Waals surface area (Å²) < 4.78 is 12.3. The molecule has 0 unspecified atom stereocenters. The van der Waals surface area contributed by atoms with Crippen LogP contribution in [0.3, 0.4) is 0 Å². The molecule has 140 valence electrons. The molecule has 0 fully saturated rings. The van der Waals surface area contributed by atoms with Gasteiger partial charge in [0, 0.05) is 10.0 Å². The van der Waals surface area contributed by atoms with Gasteiger partial charge in [0.1, 0.15) is 17.0 Å². The second-order valence-corrected chi connectivity index (χ2v) is 7.58. The lowest BCUT2D eigenvalue weighted by Crippen LogP contribution is -2.19. The molecule has 2 heterocycles. The second kappa shape index (κ2) is 8.45. The summed E-state index contributed by atoms with van der Waals surface area (Å²) >= 11 is 4.62. The fourth-order valence-corrected chi connectivity index (χ4v) is 3.33. The van der Waals surface area contributed by atoms with Crippen molar-refractivity contribution in [1.29, 1.82) is 0 Å². The molecular formula is C20H14BrN3O3S. The Kier molecular flexibility index (Phi) is 5.59. The Balaban J connectivity index is 1.29. The largest absolute Gasteiger partial charge is 0.455 e. The van der Waals surface area contributed by atoms with Gasteiger partial charge in [0.25, 0.3) is 11.1 Å². The van der Waals surface area contributed by atoms with Crippen LogP contribution in [0.5, 0.6) is 0 Å². The van der Waals surface area contributed by atoms with Crippen molar-refractivity contribution in [2.75, 3.05) is 5.75 Å². The van der Waals surface area contributed by atoms with Crippen molar-refractivity contribution in [3.8, 4) is 11.3 Å². The van der Waals surface area contributed by atoms with Crippen LogP contribution in [0.4, 0.5) is 0 Å². The molecule has 0 saturated carbocycles. The number of halogens is 1. The topological polar surface area (TPSA) is 80.6 Å². The van der Waals surface area contributed by atoms with Crippen LogP contribution in [0.2, 0.25) is 0 Å². The Morgan fingerprint density at radius 1 is 1.11 bits per heavy atom. The monoisotopic (exact) mass is 455 g/mol. The number of carbonyl (C=O) groups excluding carboxylic acids is 1. The average molecular weight is 456 g/mol. The number of hydrazone groups is 1. The van der Waals surface area contributed by atoms with E-state index < -0.39 is 0 Å². The molecule has 4 aromatic rings. The van der Waals surface area contributed by atoms with E-state index in [1.165, 1.54) is 18.0 Å². The molecule has 1 N–H and O–H groups in total. The molecular weight excluding hydrogens is 442 g/mol. The van der Waals surface area contributed by atoms with Gasteiger partial charge >= 0.3 is 0 Å². The molecule has 0 radical (unpaired) electrons. The molecule has 4 rings (SSSR count). The molecule has 0 spiro atoms. The van der Waals surface area contributed by atoms with Crippen LogP contribution in [0, 0.1) is 0 Å². The Morgan fingerprint density at radius 3 is 2.75 bits per heavy atom. The van der Waals surface area contributed by atoms with Crippen LogP contribution in [0.25, 0.3) is 22.4 Å². The Labute approximate surface area is 173 Å². The Morgan fingerprint density at radius 2 is 1.93 bits per heavy atom. The third kappa shape index (κ3) is 4.52. The van der Waals surface area contributed by atoms with Crippen LogP contribution in [-0.2, 0) is 4.79 Å². The van der Waals surface area contributed by atoms with E-state index in [1.807, 2.05) is 54.6 Å². The van der Waals surface area contributed by atoms with E-state index in [4.69, 9.17) is 8.83 Å². The van der Waals surface area contributed by atoms with Crippen LogP contribution >= 0.6 is 27.7 Å². The lowest BCUT2D eigenvalue weighted by molar-refractivity contribution is -0.118. The first-order chi connectivity index (χ1) is 13.7. The maximum atomic E-state index is 11.9. The molecule has 2 aromatic heterocycles. The molecule has 6 nitrogen and oxygen atoms in total. The zero-order valence-electron chi connectivity index (χ0n) is 14.5. The summed E-state index contributed by atoms with van der Waals surface area (Å²) in [5, 5.41) is 4.38. The maximum absolute atomic E-state index is 11.9. The number of fused-ring (bicyclic) bond motifs is 1. The average Bonchev–Trinajstić information content (AvgIpc) is 3.33. The lowest BCUT2D eigenvalue weighted by Gasteiger charge is -1.97. The van der Waals surface area contributed by atoms with Crippen molar-refractivity contribution < 1.29 is 13.6 Å². The fraction of sp³-hybridized carbons (Fsp3) is 0.0500. The van der Waals surface area contributed by atoms with Gasteiger partial charge in [-0.3, -0.25) is 4.79 Å². The van der Waals surface area contributed by atoms with E-state index in [0.717, 1.165) is 21.3 Å². The van der Waals surface area contributed by atoms with Gasteiger partial charge in [0.15, 0.2) is 5.58 Å². The molecule has 0 aliphatic rings. The van der Waals surface area contributed by atoms with Crippen molar-refractivity contribution >= 4 is 50.9 Å². The van der Waals surface area contributed by atoms with Crippen LogP contribution < -0.4 is 5.43 Å². The van der Waals surface area contributed by atoms with Gasteiger partial charge in [-0.2, -0.15) is 5.10 Å². The molecule has 1 amide bonds. The van der Waals surface area contributed by atoms with Crippen LogP contribution in [0.15, 0.2) is 84.3 Å². The third-order valence-electron chi connectivity index (χ3n) is 3.74. The highest BCUT2D eigenvalue weighted by molar-refractivity contribution is 9.10. The molecule has 28 heavy (non-hydrogen) atoms. The number of benzene rings is 2. The third-order valence-corrected chi connectivity index (χ3v) is 5.09. The summed E-state index contributed by atoms with van der Waals surface area (Å²) in [6.45, 7) is 0. The number of hydrogen-bond donors (Lipinski definition) is 1. The normalized spacial score (nSPS) is 11.3. The summed E-state index contributed by atoms with van der Waals surface area (Å²) in [6, 6.07) is 18.9. The number of nitrogens with one attached hydrogen (secondary N) is 1. The summed E-state index contributed by atoms with van der Waals surface area (Å²) in [5.41, 5.74) is 4.89. The summed E-state index contributed by atoms with van der Waals surface area (Å²) in [7, 11) is 0. The van der Waals surface area contributed by atoms with Crippen molar-refractivity contribution in [1.82, 2.24) is 10.4 Å². The van der Waals surface area contributed by atoms with Crippen molar-refractivity contribution in [3.05, 3.63) is 70.9 Å². The van der Waals surface area contributed by atoms with Crippen LogP contribution in [-0.4, -0.2) is 22.9 Å². The highest BCUT2D eigenvalue weighted by Crippen LogP contribution is 2.24. The number of rotatable bonds is 6. The van der Waals surface area contributed by atoms with Gasteiger partial charge in [-0.25, -0.2) is 10.4 Å². The summed E-state index contributed by atoms with van der Waals surface area (Å²) in [4.78, 5) is 16.2. The van der Waals surface area contributed by atoms with E-state index in [2.05, 4.69) is 31.4 Å². The zero-order valence-corrected chi connectivity index (χ0v) is 16.9.